The number of nitrogens with zero attached hydrogens (tertiary/aromatic N) is 3. The van der Waals surface area contributed by atoms with Gasteiger partial charge in [0.15, 0.2) is 0 Å². The van der Waals surface area contributed by atoms with Crippen molar-refractivity contribution < 1.29 is 44.1 Å². The number of carbonyl (C=O) groups excluding carboxylic acids is 3. The Balaban J connectivity index is 0.000000521. The summed E-state index contributed by atoms with van der Waals surface area (Å²) in [4.78, 5) is 72.9. The SMILES string of the molecule is CCCCCCCCCCCCCCSCCN1C(=O)CCC1C(=O)O.CCCCCCCCCCSCCN1C(=O)CCC1C(=O)O.CCCCCCCCCSCCN1C(=O)CCC1C(=O)O. The summed E-state index contributed by atoms with van der Waals surface area (Å²) in [6.07, 6.45) is 38.8. The maximum atomic E-state index is 11.7. The molecule has 3 saturated heterocycles. The molecule has 0 aromatic carbocycles. The first-order chi connectivity index (χ1) is 33.5. The van der Waals surface area contributed by atoms with Crippen LogP contribution < -0.4 is 0 Å². The van der Waals surface area contributed by atoms with Crippen LogP contribution in [0.5, 0.6) is 0 Å². The van der Waals surface area contributed by atoms with E-state index >= 15 is 0 Å². The van der Waals surface area contributed by atoms with Gasteiger partial charge in [0, 0.05) is 56.2 Å². The van der Waals surface area contributed by atoms with Crippen molar-refractivity contribution in [3.63, 3.8) is 0 Å². The van der Waals surface area contributed by atoms with Crippen LogP contribution in [0.2, 0.25) is 0 Å². The summed E-state index contributed by atoms with van der Waals surface area (Å²) in [5.74, 6) is 3.34. The Labute approximate surface area is 432 Å². The number of hydrogen-bond donors (Lipinski definition) is 3. The predicted octanol–water partition coefficient (Wildman–Crippen LogP) is 13.0. The van der Waals surface area contributed by atoms with E-state index in [2.05, 4.69) is 20.8 Å². The van der Waals surface area contributed by atoms with Gasteiger partial charge < -0.3 is 30.0 Å². The highest BCUT2D eigenvalue weighted by molar-refractivity contribution is 7.99. The van der Waals surface area contributed by atoms with E-state index in [0.717, 1.165) is 34.5 Å². The summed E-state index contributed by atoms with van der Waals surface area (Å²) in [6.45, 7) is 8.48. The summed E-state index contributed by atoms with van der Waals surface area (Å²) in [6, 6.07) is -1.76. The normalized spacial score (nSPS) is 17.9. The van der Waals surface area contributed by atoms with Gasteiger partial charge in [0.2, 0.25) is 17.7 Å². The molecule has 12 nitrogen and oxygen atoms in total. The van der Waals surface area contributed by atoms with Gasteiger partial charge in [0.1, 0.15) is 18.1 Å². The minimum Gasteiger partial charge on any atom is -0.480 e. The van der Waals surface area contributed by atoms with Gasteiger partial charge in [-0.25, -0.2) is 14.4 Å². The van der Waals surface area contributed by atoms with Crippen molar-refractivity contribution in [1.82, 2.24) is 14.7 Å². The Hall–Kier alpha value is -2.13. The Kier molecular flexibility index (Phi) is 41.9. The number of rotatable bonds is 42. The molecule has 0 bridgehead atoms. The van der Waals surface area contributed by atoms with Crippen LogP contribution in [-0.2, 0) is 28.8 Å². The summed E-state index contributed by atoms with van der Waals surface area (Å²) < 4.78 is 0. The molecule has 402 valence electrons. The highest BCUT2D eigenvalue weighted by Gasteiger charge is 2.37. The molecule has 0 aliphatic carbocycles. The number of hydrogen-bond acceptors (Lipinski definition) is 9. The zero-order chi connectivity index (χ0) is 50.7. The van der Waals surface area contributed by atoms with E-state index in [-0.39, 0.29) is 17.7 Å². The van der Waals surface area contributed by atoms with E-state index in [9.17, 15) is 28.8 Å². The van der Waals surface area contributed by atoms with E-state index in [1.165, 1.54) is 173 Å². The fraction of sp³-hybridized carbons (Fsp3) is 0.889. The quantitative estimate of drug-likeness (QED) is 0.0495. The van der Waals surface area contributed by atoms with Crippen molar-refractivity contribution in [3.05, 3.63) is 0 Å². The minimum atomic E-state index is -0.863. The van der Waals surface area contributed by atoms with Crippen molar-refractivity contribution in [3.8, 4) is 0 Å². The second kappa shape index (κ2) is 44.6. The molecule has 69 heavy (non-hydrogen) atoms. The first-order valence-corrected chi connectivity index (χ1v) is 31.3. The summed E-state index contributed by atoms with van der Waals surface area (Å²) in [5, 5.41) is 27.3. The van der Waals surface area contributed by atoms with Crippen LogP contribution in [0.1, 0.15) is 233 Å². The molecule has 0 radical (unpaired) electrons. The van der Waals surface area contributed by atoms with E-state index < -0.39 is 36.0 Å². The fourth-order valence-electron chi connectivity index (χ4n) is 9.15. The van der Waals surface area contributed by atoms with Gasteiger partial charge >= 0.3 is 17.9 Å². The number of aliphatic carboxylic acids is 3. The zero-order valence-electron chi connectivity index (χ0n) is 43.8. The molecule has 3 atom stereocenters. The van der Waals surface area contributed by atoms with E-state index in [4.69, 9.17) is 15.3 Å². The molecule has 15 heteroatoms. The molecular weight excluding hydrogens is 931 g/mol. The fourth-order valence-corrected chi connectivity index (χ4v) is 12.0. The number of thioether (sulfide) groups is 3. The van der Waals surface area contributed by atoms with E-state index in [1.54, 1.807) is 14.7 Å². The smallest absolute Gasteiger partial charge is 0.326 e. The van der Waals surface area contributed by atoms with Crippen LogP contribution in [0, 0.1) is 0 Å². The molecule has 3 amide bonds. The molecule has 0 aromatic heterocycles. The van der Waals surface area contributed by atoms with Crippen molar-refractivity contribution in [2.24, 2.45) is 0 Å². The molecule has 3 rings (SSSR count). The molecule has 0 aromatic rings. The average molecular weight is 1030 g/mol. The van der Waals surface area contributed by atoms with Crippen LogP contribution in [0.4, 0.5) is 0 Å². The van der Waals surface area contributed by atoms with Crippen LogP contribution >= 0.6 is 35.3 Å². The maximum absolute atomic E-state index is 11.7. The number of amides is 3. The highest BCUT2D eigenvalue weighted by atomic mass is 32.2. The molecule has 3 aliphatic heterocycles. The molecule has 0 saturated carbocycles. The number of unbranched alkanes of at least 4 members (excludes halogenated alkanes) is 24. The molecular formula is C54H99N3O9S3. The zero-order valence-corrected chi connectivity index (χ0v) is 46.2. The second-order valence-electron chi connectivity index (χ2n) is 19.3. The van der Waals surface area contributed by atoms with E-state index in [0.29, 0.717) is 58.2 Å². The summed E-state index contributed by atoms with van der Waals surface area (Å²) in [5.41, 5.74) is 0. The lowest BCUT2D eigenvalue weighted by atomic mass is 10.1. The molecule has 3 fully saturated rings. The van der Waals surface area contributed by atoms with Gasteiger partial charge in [0.05, 0.1) is 0 Å². The third-order valence-electron chi connectivity index (χ3n) is 13.4. The molecule has 3 aliphatic rings. The Morgan fingerprint density at radius 3 is 0.768 bits per heavy atom. The van der Waals surface area contributed by atoms with Crippen LogP contribution in [0.3, 0.4) is 0 Å². The van der Waals surface area contributed by atoms with Crippen LogP contribution in [0.15, 0.2) is 0 Å². The first-order valence-electron chi connectivity index (χ1n) is 27.8. The predicted molar refractivity (Wildman–Crippen MR) is 291 cm³/mol. The summed E-state index contributed by atoms with van der Waals surface area (Å²) >= 11 is 5.53. The molecule has 3 N–H and O–H groups in total. The lowest BCUT2D eigenvalue weighted by Crippen LogP contribution is -2.39. The Morgan fingerprint density at radius 1 is 0.362 bits per heavy atom. The standard InChI is InChI=1S/C21H39NO3S.C17H31NO3S.C16H29NO3S/c1-2-3-4-5-6-7-8-9-10-11-12-13-17-26-18-16-22-19(21(24)25)14-15-20(22)23;1-2-3-4-5-6-7-8-9-13-22-14-12-18-15(17(20)21)10-11-16(18)19;1-2-3-4-5-6-7-8-12-21-13-11-17-14(16(19)20)9-10-15(17)18/h19H,2-18H2,1H3,(H,24,25);15H,2-14H2,1H3,(H,20,21);14H,2-13H2,1H3,(H,19,20). The Morgan fingerprint density at radius 2 is 0.565 bits per heavy atom. The van der Waals surface area contributed by atoms with Crippen molar-refractivity contribution in [1.29, 1.82) is 0 Å². The number of carboxylic acids is 3. The third-order valence-corrected chi connectivity index (χ3v) is 16.6. The molecule has 3 unspecified atom stereocenters. The first kappa shape index (κ1) is 64.9. The van der Waals surface area contributed by atoms with Gasteiger partial charge in [-0.05, 0) is 55.8 Å². The topological polar surface area (TPSA) is 173 Å². The number of carbonyl (C=O) groups is 6. The van der Waals surface area contributed by atoms with Gasteiger partial charge in [-0.15, -0.1) is 0 Å². The monoisotopic (exact) mass is 1030 g/mol. The summed E-state index contributed by atoms with van der Waals surface area (Å²) in [7, 11) is 0. The lowest BCUT2D eigenvalue weighted by Gasteiger charge is -2.21. The maximum Gasteiger partial charge on any atom is 0.326 e. The largest absolute Gasteiger partial charge is 0.480 e. The number of carboxylic acid groups (broad SMARTS) is 3. The average Bonchev–Trinajstić information content (AvgIpc) is 4.02. The van der Waals surface area contributed by atoms with Gasteiger partial charge in [-0.1, -0.05) is 175 Å². The lowest BCUT2D eigenvalue weighted by molar-refractivity contribution is -0.146. The molecule has 0 spiro atoms. The van der Waals surface area contributed by atoms with Crippen molar-refractivity contribution in [2.75, 3.05) is 54.2 Å². The van der Waals surface area contributed by atoms with E-state index in [1.807, 2.05) is 35.3 Å². The Bertz CT molecular complexity index is 1360. The number of likely N-dealkylation sites (tertiary alicyclic amines) is 3. The van der Waals surface area contributed by atoms with Gasteiger partial charge in [0.25, 0.3) is 0 Å². The van der Waals surface area contributed by atoms with Crippen LogP contribution in [0.25, 0.3) is 0 Å². The second-order valence-corrected chi connectivity index (χ2v) is 22.9. The van der Waals surface area contributed by atoms with Crippen molar-refractivity contribution >= 4 is 70.9 Å². The highest BCUT2D eigenvalue weighted by Crippen LogP contribution is 2.23. The van der Waals surface area contributed by atoms with Gasteiger partial charge in [-0.3, -0.25) is 14.4 Å². The van der Waals surface area contributed by atoms with Crippen molar-refractivity contribution in [2.45, 2.75) is 251 Å². The minimum absolute atomic E-state index is 0.0000734. The molecule has 3 heterocycles. The van der Waals surface area contributed by atoms with Crippen LogP contribution in [-0.4, -0.2) is 138 Å². The van der Waals surface area contributed by atoms with Gasteiger partial charge in [-0.2, -0.15) is 35.3 Å². The third kappa shape index (κ3) is 32.5.